The van der Waals surface area contributed by atoms with Crippen molar-refractivity contribution >= 4 is 57.3 Å². The maximum absolute atomic E-state index is 12.4. The molecule has 112 valence electrons. The molecule has 0 spiro atoms. The summed E-state index contributed by atoms with van der Waals surface area (Å²) in [5.41, 5.74) is 0.801. The van der Waals surface area contributed by atoms with Crippen LogP contribution in [-0.2, 0) is 9.22 Å². The van der Waals surface area contributed by atoms with Crippen LogP contribution in [0.2, 0.25) is 10.3 Å². The summed E-state index contributed by atoms with van der Waals surface area (Å²) in [5, 5.41) is 14.0. The molecule has 7 heteroatoms. The fourth-order valence-electron chi connectivity index (χ4n) is 2.81. The molecule has 1 unspecified atom stereocenters. The van der Waals surface area contributed by atoms with Crippen LogP contribution in [0.1, 0.15) is 30.9 Å². The first-order chi connectivity index (χ1) is 9.88. The smallest absolute Gasteiger partial charge is 0.256 e. The van der Waals surface area contributed by atoms with E-state index in [1.165, 1.54) is 0 Å². The Kier molecular flexibility index (Phi) is 3.86. The summed E-state index contributed by atoms with van der Waals surface area (Å²) in [6.45, 7) is 1.85. The number of nitrogens with one attached hydrogen (secondary N) is 1. The predicted octanol–water partition coefficient (Wildman–Crippen LogP) is 3.89. The zero-order chi connectivity index (χ0) is 15.4. The number of aliphatic hydroxyl groups is 1. The Bertz CT molecular complexity index is 673. The van der Waals surface area contributed by atoms with Crippen LogP contribution >= 0.6 is 45.8 Å². The van der Waals surface area contributed by atoms with Gasteiger partial charge in [0, 0.05) is 9.99 Å². The molecule has 1 saturated carbocycles. The third-order valence-electron chi connectivity index (χ3n) is 4.14. The number of hydrogen-bond acceptors (Lipinski definition) is 3. The zero-order valence-electron chi connectivity index (χ0n) is 11.2. The van der Waals surface area contributed by atoms with E-state index in [-0.39, 0.29) is 33.5 Å². The number of rotatable bonds is 3. The van der Waals surface area contributed by atoms with E-state index in [4.69, 9.17) is 23.2 Å². The number of hydrogen-bond donors (Lipinski definition) is 2. The van der Waals surface area contributed by atoms with Crippen LogP contribution in [0.3, 0.4) is 0 Å². The van der Waals surface area contributed by atoms with Gasteiger partial charge in [-0.2, -0.15) is 0 Å². The van der Waals surface area contributed by atoms with Crippen LogP contribution in [-0.4, -0.2) is 21.5 Å². The number of carbonyl (C=O) groups is 1. The Morgan fingerprint density at radius 3 is 2.76 bits per heavy atom. The normalized spacial score (nSPS) is 25.4. The number of carbonyl (C=O) groups excluding carboxylic acids is 1. The highest BCUT2D eigenvalue weighted by atomic mass is 127. The van der Waals surface area contributed by atoms with E-state index < -0.39 is 5.54 Å². The summed E-state index contributed by atoms with van der Waals surface area (Å²) in [4.78, 5) is 16.4. The van der Waals surface area contributed by atoms with E-state index in [1.807, 2.05) is 6.92 Å². The molecule has 2 N–H and O–H groups in total. The second-order valence-electron chi connectivity index (χ2n) is 5.56. The molecule has 2 aliphatic rings. The van der Waals surface area contributed by atoms with Crippen molar-refractivity contribution in [1.29, 1.82) is 0 Å². The zero-order valence-corrected chi connectivity index (χ0v) is 14.9. The van der Waals surface area contributed by atoms with Gasteiger partial charge in [-0.05, 0) is 37.3 Å². The summed E-state index contributed by atoms with van der Waals surface area (Å²) >= 11 is 14.3. The van der Waals surface area contributed by atoms with Gasteiger partial charge >= 0.3 is 0 Å². The minimum atomic E-state index is -0.697. The molecular formula is C14H13Cl2IN2O2. The molecule has 0 radical (unpaired) electrons. The van der Waals surface area contributed by atoms with E-state index in [0.29, 0.717) is 9.99 Å². The van der Waals surface area contributed by atoms with Crippen molar-refractivity contribution in [3.63, 3.8) is 0 Å². The monoisotopic (exact) mass is 438 g/mol. The third-order valence-corrected chi connectivity index (χ3v) is 5.43. The highest BCUT2D eigenvalue weighted by Gasteiger charge is 2.52. The molecule has 1 aromatic heterocycles. The SMILES string of the molecule is CC1(C2CC2)NC(=O)C(c2c(CI)cc(Cl)nc2Cl)=C1O. The lowest BCUT2D eigenvalue weighted by molar-refractivity contribution is -0.116. The van der Waals surface area contributed by atoms with Crippen molar-refractivity contribution in [2.45, 2.75) is 29.7 Å². The maximum Gasteiger partial charge on any atom is 0.256 e. The summed E-state index contributed by atoms with van der Waals surface area (Å²) in [6.07, 6.45) is 2.00. The van der Waals surface area contributed by atoms with E-state index in [0.717, 1.165) is 18.4 Å². The standard InChI is InChI=1S/C14H13Cl2IN2O2/c1-14(7-2-3-7)11(20)10(13(21)19-14)9-6(5-17)4-8(15)18-12(9)16/h4,7,20H,2-3,5H2,1H3,(H,19,21). The number of nitrogens with zero attached hydrogens (tertiary/aromatic N) is 1. The van der Waals surface area contributed by atoms with E-state index in [2.05, 4.69) is 32.9 Å². The van der Waals surface area contributed by atoms with Gasteiger partial charge in [0.2, 0.25) is 0 Å². The van der Waals surface area contributed by atoms with E-state index in [9.17, 15) is 9.90 Å². The van der Waals surface area contributed by atoms with Crippen molar-refractivity contribution in [3.8, 4) is 0 Å². The molecule has 4 nitrogen and oxygen atoms in total. The first-order valence-electron chi connectivity index (χ1n) is 6.56. The van der Waals surface area contributed by atoms with Crippen LogP contribution in [0.25, 0.3) is 5.57 Å². The second-order valence-corrected chi connectivity index (χ2v) is 7.07. The Balaban J connectivity index is 2.20. The molecule has 1 amide bonds. The molecule has 21 heavy (non-hydrogen) atoms. The first kappa shape index (κ1) is 15.4. The van der Waals surface area contributed by atoms with Gasteiger partial charge in [-0.3, -0.25) is 4.79 Å². The molecule has 0 aromatic carbocycles. The van der Waals surface area contributed by atoms with Gasteiger partial charge in [-0.25, -0.2) is 4.98 Å². The molecule has 1 atom stereocenters. The lowest BCUT2D eigenvalue weighted by Gasteiger charge is -2.24. The highest BCUT2D eigenvalue weighted by molar-refractivity contribution is 14.1. The molecule has 2 heterocycles. The number of aromatic nitrogens is 1. The molecule has 0 saturated heterocycles. The summed E-state index contributed by atoms with van der Waals surface area (Å²) < 4.78 is 0.610. The Morgan fingerprint density at radius 1 is 1.52 bits per heavy atom. The quantitative estimate of drug-likeness (QED) is 0.427. The number of halogens is 3. The molecule has 3 rings (SSSR count). The summed E-state index contributed by atoms with van der Waals surface area (Å²) in [5.74, 6) is 0.0344. The van der Waals surface area contributed by atoms with Gasteiger partial charge in [-0.15, -0.1) is 0 Å². The van der Waals surface area contributed by atoms with Crippen molar-refractivity contribution in [2.75, 3.05) is 0 Å². The highest BCUT2D eigenvalue weighted by Crippen LogP contribution is 2.48. The predicted molar refractivity (Wildman–Crippen MR) is 90.8 cm³/mol. The van der Waals surface area contributed by atoms with Crippen molar-refractivity contribution in [3.05, 3.63) is 33.3 Å². The topological polar surface area (TPSA) is 62.2 Å². The summed E-state index contributed by atoms with van der Waals surface area (Å²) in [7, 11) is 0. The van der Waals surface area contributed by atoms with Crippen LogP contribution in [0.15, 0.2) is 11.8 Å². The molecule has 1 aliphatic heterocycles. The van der Waals surface area contributed by atoms with Crippen LogP contribution in [0.4, 0.5) is 0 Å². The van der Waals surface area contributed by atoms with Gasteiger partial charge in [0.05, 0.1) is 11.1 Å². The number of alkyl halides is 1. The van der Waals surface area contributed by atoms with Crippen molar-refractivity contribution in [2.24, 2.45) is 5.92 Å². The minimum Gasteiger partial charge on any atom is -0.509 e. The Hall–Kier alpha value is -0.530. The van der Waals surface area contributed by atoms with Gasteiger partial charge < -0.3 is 10.4 Å². The lowest BCUT2D eigenvalue weighted by Crippen LogP contribution is -2.43. The number of amides is 1. The molecular weight excluding hydrogens is 426 g/mol. The average molecular weight is 439 g/mol. The second kappa shape index (κ2) is 5.28. The van der Waals surface area contributed by atoms with Crippen molar-refractivity contribution in [1.82, 2.24) is 10.3 Å². The fourth-order valence-corrected chi connectivity index (χ4v) is 3.98. The summed E-state index contributed by atoms with van der Waals surface area (Å²) in [6, 6.07) is 1.68. The van der Waals surface area contributed by atoms with Gasteiger partial charge in [0.15, 0.2) is 0 Å². The largest absolute Gasteiger partial charge is 0.509 e. The molecule has 1 fully saturated rings. The van der Waals surface area contributed by atoms with E-state index in [1.54, 1.807) is 6.07 Å². The minimum absolute atomic E-state index is 0.0622. The maximum atomic E-state index is 12.4. The van der Waals surface area contributed by atoms with Crippen molar-refractivity contribution < 1.29 is 9.90 Å². The molecule has 1 aromatic rings. The fraction of sp³-hybridized carbons (Fsp3) is 0.429. The van der Waals surface area contributed by atoms with Gasteiger partial charge in [0.25, 0.3) is 5.91 Å². The average Bonchev–Trinajstić information content (AvgIpc) is 3.22. The van der Waals surface area contributed by atoms with Gasteiger partial charge in [-0.1, -0.05) is 45.8 Å². The number of pyridine rings is 1. The third kappa shape index (κ3) is 2.43. The Labute approximate surface area is 146 Å². The van der Waals surface area contributed by atoms with Crippen LogP contribution < -0.4 is 5.32 Å². The Morgan fingerprint density at radius 2 is 2.19 bits per heavy atom. The first-order valence-corrected chi connectivity index (χ1v) is 8.84. The van der Waals surface area contributed by atoms with Crippen LogP contribution in [0, 0.1) is 5.92 Å². The van der Waals surface area contributed by atoms with Crippen LogP contribution in [0.5, 0.6) is 0 Å². The van der Waals surface area contributed by atoms with Gasteiger partial charge in [0.1, 0.15) is 16.1 Å². The lowest BCUT2D eigenvalue weighted by atomic mass is 9.92. The molecule has 0 bridgehead atoms. The molecule has 1 aliphatic carbocycles. The number of aliphatic hydroxyl groups excluding tert-OH is 1. The van der Waals surface area contributed by atoms with E-state index >= 15 is 0 Å².